The number of alkyl halides is 6. The predicted molar refractivity (Wildman–Crippen MR) is 130 cm³/mol. The molecule has 0 bridgehead atoms. The van der Waals surface area contributed by atoms with Gasteiger partial charge in [-0.05, 0) is 74.1 Å². The Kier molecular flexibility index (Phi) is 9.19. The van der Waals surface area contributed by atoms with Crippen LogP contribution in [0.5, 0.6) is 5.75 Å². The number of nitrogens with zero attached hydrogens (tertiary/aromatic N) is 2. The molecule has 2 heterocycles. The minimum Gasteiger partial charge on any atom is -0.490 e. The minimum atomic E-state index is -5.78. The van der Waals surface area contributed by atoms with Gasteiger partial charge in [0.25, 0.3) is 6.10 Å². The minimum absolute atomic E-state index is 0.0160. The standard InChI is InChI=1S/C27H31F7N2O4/c28-21-15-20(18-3-5-19(6-4-18)23(37)35-11-1-2-12-35)7-8-22(21)39-16-17-9-13-36(14-10-17)25(38)40-24(26(29,30)31)27(32,33)34/h3,7-8,15,17,19,24H,1-2,4-6,9-14,16H2. The SMILES string of the molecule is O=C(OC(C(F)(F)F)C(F)(F)F)N1CCC(COc2ccc(C3=CCC(C(=O)N4CCCC4)CC3)cc2F)CC1. The Morgan fingerprint density at radius 2 is 1.57 bits per heavy atom. The first-order valence-corrected chi connectivity index (χ1v) is 13.3. The van der Waals surface area contributed by atoms with E-state index in [1.165, 1.54) is 12.1 Å². The lowest BCUT2D eigenvalue weighted by Crippen LogP contribution is -2.49. The van der Waals surface area contributed by atoms with Crippen molar-refractivity contribution in [3.05, 3.63) is 35.7 Å². The molecular weight excluding hydrogens is 549 g/mol. The molecule has 2 aliphatic heterocycles. The summed E-state index contributed by atoms with van der Waals surface area (Å²) in [6.07, 6.45) is -10.9. The molecule has 2 saturated heterocycles. The van der Waals surface area contributed by atoms with Crippen molar-refractivity contribution in [1.82, 2.24) is 9.80 Å². The molecule has 0 N–H and O–H groups in total. The van der Waals surface area contributed by atoms with E-state index in [1.807, 2.05) is 11.0 Å². The second-order valence-corrected chi connectivity index (χ2v) is 10.5. The average Bonchev–Trinajstić information content (AvgIpc) is 3.45. The number of carbonyl (C=O) groups is 2. The number of hydrogen-bond donors (Lipinski definition) is 0. The molecule has 3 aliphatic rings. The van der Waals surface area contributed by atoms with Crippen LogP contribution in [0, 0.1) is 17.7 Å². The number of hydrogen-bond acceptors (Lipinski definition) is 4. The maximum atomic E-state index is 14.8. The summed E-state index contributed by atoms with van der Waals surface area (Å²) in [6.45, 7) is 1.46. The molecule has 1 aromatic rings. The van der Waals surface area contributed by atoms with Crippen molar-refractivity contribution in [1.29, 1.82) is 0 Å². The topological polar surface area (TPSA) is 59.1 Å². The van der Waals surface area contributed by atoms with Gasteiger partial charge in [0.15, 0.2) is 11.6 Å². The molecule has 13 heteroatoms. The van der Waals surface area contributed by atoms with E-state index in [2.05, 4.69) is 4.74 Å². The highest BCUT2D eigenvalue weighted by atomic mass is 19.4. The molecule has 2 amide bonds. The smallest absolute Gasteiger partial charge is 0.434 e. The lowest BCUT2D eigenvalue weighted by molar-refractivity contribution is -0.308. The normalized spacial score (nSPS) is 21.0. The number of carbonyl (C=O) groups excluding carboxylic acids is 2. The van der Waals surface area contributed by atoms with Crippen molar-refractivity contribution in [3.63, 3.8) is 0 Å². The Labute approximate surface area is 227 Å². The molecule has 1 atom stereocenters. The van der Waals surface area contributed by atoms with Gasteiger partial charge < -0.3 is 19.3 Å². The summed E-state index contributed by atoms with van der Waals surface area (Å²) < 4.78 is 100. The second kappa shape index (κ2) is 12.3. The molecule has 222 valence electrons. The van der Waals surface area contributed by atoms with Gasteiger partial charge in [-0.1, -0.05) is 12.1 Å². The summed E-state index contributed by atoms with van der Waals surface area (Å²) >= 11 is 0. The summed E-state index contributed by atoms with van der Waals surface area (Å²) in [7, 11) is 0. The number of piperidine rings is 1. The molecule has 2 fully saturated rings. The van der Waals surface area contributed by atoms with Crippen LogP contribution in [-0.2, 0) is 9.53 Å². The third kappa shape index (κ3) is 7.39. The van der Waals surface area contributed by atoms with E-state index in [1.54, 1.807) is 6.07 Å². The van der Waals surface area contributed by atoms with Gasteiger partial charge in [-0.15, -0.1) is 0 Å². The number of allylic oxidation sites excluding steroid dienone is 2. The maximum Gasteiger partial charge on any atom is 0.434 e. The number of likely N-dealkylation sites (tertiary alicyclic amines) is 2. The van der Waals surface area contributed by atoms with Crippen LogP contribution in [0.2, 0.25) is 0 Å². The lowest BCUT2D eigenvalue weighted by Gasteiger charge is -2.33. The predicted octanol–water partition coefficient (Wildman–Crippen LogP) is 6.35. The molecule has 6 nitrogen and oxygen atoms in total. The van der Waals surface area contributed by atoms with E-state index in [0.717, 1.165) is 36.4 Å². The largest absolute Gasteiger partial charge is 0.490 e. The fourth-order valence-corrected chi connectivity index (χ4v) is 5.32. The van der Waals surface area contributed by atoms with Crippen LogP contribution in [0.25, 0.3) is 5.57 Å². The highest BCUT2D eigenvalue weighted by Crippen LogP contribution is 2.37. The first kappa shape index (κ1) is 30.0. The highest BCUT2D eigenvalue weighted by molar-refractivity contribution is 5.81. The Morgan fingerprint density at radius 3 is 2.12 bits per heavy atom. The number of benzene rings is 1. The third-order valence-corrected chi connectivity index (χ3v) is 7.64. The van der Waals surface area contributed by atoms with Gasteiger partial charge >= 0.3 is 18.4 Å². The third-order valence-electron chi connectivity index (χ3n) is 7.64. The number of rotatable bonds is 6. The van der Waals surface area contributed by atoms with Crippen LogP contribution in [0.1, 0.15) is 50.5 Å². The van der Waals surface area contributed by atoms with Crippen LogP contribution in [-0.4, -0.2) is 73.0 Å². The Hall–Kier alpha value is -2.99. The Morgan fingerprint density at radius 1 is 0.925 bits per heavy atom. The molecule has 4 rings (SSSR count). The summed E-state index contributed by atoms with van der Waals surface area (Å²) in [5.74, 6) is -0.590. The Balaban J connectivity index is 1.24. The number of ether oxygens (including phenoxy) is 2. The number of amides is 2. The summed E-state index contributed by atoms with van der Waals surface area (Å²) in [5, 5.41) is 0. The zero-order chi connectivity index (χ0) is 29.1. The first-order chi connectivity index (χ1) is 18.8. The molecule has 1 aromatic carbocycles. The van der Waals surface area contributed by atoms with E-state index in [0.29, 0.717) is 24.8 Å². The number of halogens is 7. The van der Waals surface area contributed by atoms with Gasteiger partial charge in [-0.3, -0.25) is 4.79 Å². The van der Waals surface area contributed by atoms with E-state index in [9.17, 15) is 40.3 Å². The van der Waals surface area contributed by atoms with Crippen LogP contribution < -0.4 is 4.74 Å². The van der Waals surface area contributed by atoms with Crippen LogP contribution in [0.3, 0.4) is 0 Å². The van der Waals surface area contributed by atoms with Crippen molar-refractivity contribution in [2.75, 3.05) is 32.8 Å². The van der Waals surface area contributed by atoms with Crippen LogP contribution >= 0.6 is 0 Å². The summed E-state index contributed by atoms with van der Waals surface area (Å²) in [5.41, 5.74) is 1.67. The molecule has 0 saturated carbocycles. The van der Waals surface area contributed by atoms with E-state index in [4.69, 9.17) is 4.74 Å². The second-order valence-electron chi connectivity index (χ2n) is 10.5. The fraction of sp³-hybridized carbons (Fsp3) is 0.630. The summed E-state index contributed by atoms with van der Waals surface area (Å²) in [4.78, 5) is 27.2. The van der Waals surface area contributed by atoms with Gasteiger partial charge in [-0.2, -0.15) is 26.3 Å². The van der Waals surface area contributed by atoms with E-state index in [-0.39, 0.29) is 56.0 Å². The summed E-state index contributed by atoms with van der Waals surface area (Å²) in [6, 6.07) is 4.62. The van der Waals surface area contributed by atoms with Gasteiger partial charge in [-0.25, -0.2) is 9.18 Å². The lowest BCUT2D eigenvalue weighted by atomic mass is 9.86. The van der Waals surface area contributed by atoms with Gasteiger partial charge in [0, 0.05) is 32.1 Å². The molecule has 1 unspecified atom stereocenters. The van der Waals surface area contributed by atoms with E-state index >= 15 is 0 Å². The van der Waals surface area contributed by atoms with Crippen LogP contribution in [0.15, 0.2) is 24.3 Å². The maximum absolute atomic E-state index is 14.8. The van der Waals surface area contributed by atoms with Crippen molar-refractivity contribution in [2.45, 2.75) is 63.4 Å². The van der Waals surface area contributed by atoms with Gasteiger partial charge in [0.2, 0.25) is 5.91 Å². The quantitative estimate of drug-likeness (QED) is 0.368. The Bertz CT molecular complexity index is 1080. The fourth-order valence-electron chi connectivity index (χ4n) is 5.32. The van der Waals surface area contributed by atoms with E-state index < -0.39 is 30.4 Å². The molecule has 0 spiro atoms. The highest BCUT2D eigenvalue weighted by Gasteiger charge is 2.60. The molecule has 40 heavy (non-hydrogen) atoms. The van der Waals surface area contributed by atoms with Crippen molar-refractivity contribution < 1.29 is 49.8 Å². The first-order valence-electron chi connectivity index (χ1n) is 13.3. The van der Waals surface area contributed by atoms with Crippen LogP contribution in [0.4, 0.5) is 35.5 Å². The van der Waals surface area contributed by atoms with Crippen molar-refractivity contribution >= 4 is 17.6 Å². The molecule has 1 aliphatic carbocycles. The van der Waals surface area contributed by atoms with Crippen molar-refractivity contribution in [3.8, 4) is 5.75 Å². The molecule has 0 aromatic heterocycles. The zero-order valence-electron chi connectivity index (χ0n) is 21.7. The average molecular weight is 581 g/mol. The van der Waals surface area contributed by atoms with Gasteiger partial charge in [0.1, 0.15) is 0 Å². The zero-order valence-corrected chi connectivity index (χ0v) is 21.7. The molecular formula is C27H31F7N2O4. The van der Waals surface area contributed by atoms with Crippen molar-refractivity contribution in [2.24, 2.45) is 11.8 Å². The molecule has 0 radical (unpaired) electrons. The monoisotopic (exact) mass is 580 g/mol. The van der Waals surface area contributed by atoms with Gasteiger partial charge in [0.05, 0.1) is 6.61 Å².